The Morgan fingerprint density at radius 2 is 2.32 bits per heavy atom. The third-order valence-electron chi connectivity index (χ3n) is 3.28. The molecule has 0 radical (unpaired) electrons. The predicted molar refractivity (Wildman–Crippen MR) is 77.0 cm³/mol. The van der Waals surface area contributed by atoms with Gasteiger partial charge in [-0.15, -0.1) is 0 Å². The first kappa shape index (κ1) is 13.8. The molecule has 1 N–H and O–H groups in total. The number of carboxylic acid groups (broad SMARTS) is 1. The summed E-state index contributed by atoms with van der Waals surface area (Å²) < 4.78 is 0. The molecule has 1 aromatic carbocycles. The number of dihydropyridines is 1. The lowest BCUT2D eigenvalue weighted by molar-refractivity contribution is -0.137. The van der Waals surface area contributed by atoms with Crippen LogP contribution >= 0.6 is 11.6 Å². The van der Waals surface area contributed by atoms with Gasteiger partial charge < -0.3 is 5.11 Å². The number of carboxylic acids is 1. The Labute approximate surface area is 117 Å². The summed E-state index contributed by atoms with van der Waals surface area (Å²) >= 11 is 5.98. The SMILES string of the molecule is CCC1=CC(c2cccc(Cl)c2)=NCC1CC(=O)O. The van der Waals surface area contributed by atoms with Gasteiger partial charge in [0.25, 0.3) is 0 Å². The largest absolute Gasteiger partial charge is 0.481 e. The molecule has 0 amide bonds. The first-order valence-electron chi connectivity index (χ1n) is 6.32. The van der Waals surface area contributed by atoms with E-state index in [2.05, 4.69) is 4.99 Å². The number of benzene rings is 1. The van der Waals surface area contributed by atoms with Crippen LogP contribution in [0.1, 0.15) is 25.3 Å². The zero-order valence-electron chi connectivity index (χ0n) is 10.8. The van der Waals surface area contributed by atoms with Crippen molar-refractivity contribution in [1.29, 1.82) is 0 Å². The summed E-state index contributed by atoms with van der Waals surface area (Å²) in [6.45, 7) is 2.58. The number of nitrogens with zero attached hydrogens (tertiary/aromatic N) is 1. The number of hydrogen-bond acceptors (Lipinski definition) is 2. The molecule has 1 heterocycles. The minimum Gasteiger partial charge on any atom is -0.481 e. The lowest BCUT2D eigenvalue weighted by atomic mass is 9.89. The van der Waals surface area contributed by atoms with Crippen molar-refractivity contribution in [2.45, 2.75) is 19.8 Å². The van der Waals surface area contributed by atoms with Crippen LogP contribution in [0.4, 0.5) is 0 Å². The van der Waals surface area contributed by atoms with E-state index in [0.717, 1.165) is 23.3 Å². The normalized spacial score (nSPS) is 18.7. The second-order valence-electron chi connectivity index (χ2n) is 4.60. The number of aliphatic carboxylic acids is 1. The highest BCUT2D eigenvalue weighted by Gasteiger charge is 2.21. The van der Waals surface area contributed by atoms with Crippen molar-refractivity contribution in [3.8, 4) is 0 Å². The van der Waals surface area contributed by atoms with Crippen LogP contribution < -0.4 is 0 Å². The zero-order valence-corrected chi connectivity index (χ0v) is 11.5. The van der Waals surface area contributed by atoms with Crippen LogP contribution in [0.15, 0.2) is 40.9 Å². The molecule has 0 fully saturated rings. The molecule has 4 heteroatoms. The predicted octanol–water partition coefficient (Wildman–Crippen LogP) is 3.57. The summed E-state index contributed by atoms with van der Waals surface area (Å²) in [7, 11) is 0. The van der Waals surface area contributed by atoms with Crippen molar-refractivity contribution in [2.75, 3.05) is 6.54 Å². The fourth-order valence-electron chi connectivity index (χ4n) is 2.28. The first-order valence-corrected chi connectivity index (χ1v) is 6.70. The Bertz CT molecular complexity index is 549. The summed E-state index contributed by atoms with van der Waals surface area (Å²) in [6, 6.07) is 7.56. The maximum absolute atomic E-state index is 10.8. The van der Waals surface area contributed by atoms with E-state index < -0.39 is 5.97 Å². The van der Waals surface area contributed by atoms with E-state index in [1.165, 1.54) is 0 Å². The van der Waals surface area contributed by atoms with Crippen LogP contribution in [0.25, 0.3) is 0 Å². The maximum Gasteiger partial charge on any atom is 0.304 e. The van der Waals surface area contributed by atoms with E-state index in [9.17, 15) is 4.79 Å². The average molecular weight is 278 g/mol. The van der Waals surface area contributed by atoms with Gasteiger partial charge in [-0.25, -0.2) is 0 Å². The Morgan fingerprint density at radius 3 is 2.95 bits per heavy atom. The molecule has 1 aliphatic heterocycles. The molecule has 3 nitrogen and oxygen atoms in total. The maximum atomic E-state index is 10.8. The van der Waals surface area contributed by atoms with Crippen LogP contribution in [0.2, 0.25) is 5.02 Å². The van der Waals surface area contributed by atoms with Gasteiger partial charge in [-0.1, -0.05) is 36.2 Å². The molecule has 0 aliphatic carbocycles. The number of allylic oxidation sites excluding steroid dienone is 1. The lowest BCUT2D eigenvalue weighted by Crippen LogP contribution is -2.19. The monoisotopic (exact) mass is 277 g/mol. The number of hydrogen-bond donors (Lipinski definition) is 1. The van der Waals surface area contributed by atoms with E-state index in [0.29, 0.717) is 11.6 Å². The van der Waals surface area contributed by atoms with Crippen LogP contribution in [0, 0.1) is 5.92 Å². The smallest absolute Gasteiger partial charge is 0.304 e. The Hall–Kier alpha value is -1.61. The number of aliphatic imine (C=N–C) groups is 1. The van der Waals surface area contributed by atoms with E-state index in [1.807, 2.05) is 37.3 Å². The summed E-state index contributed by atoms with van der Waals surface area (Å²) in [5.41, 5.74) is 3.01. The average Bonchev–Trinajstić information content (AvgIpc) is 2.38. The van der Waals surface area contributed by atoms with Crippen molar-refractivity contribution in [2.24, 2.45) is 10.9 Å². The molecule has 19 heavy (non-hydrogen) atoms. The highest BCUT2D eigenvalue weighted by Crippen LogP contribution is 2.25. The molecule has 1 unspecified atom stereocenters. The Balaban J connectivity index is 2.24. The van der Waals surface area contributed by atoms with Gasteiger partial charge >= 0.3 is 5.97 Å². The van der Waals surface area contributed by atoms with Crippen molar-refractivity contribution in [3.63, 3.8) is 0 Å². The Kier molecular flexibility index (Phi) is 4.38. The van der Waals surface area contributed by atoms with E-state index in [-0.39, 0.29) is 12.3 Å². The topological polar surface area (TPSA) is 49.7 Å². The minimum absolute atomic E-state index is 0.0189. The highest BCUT2D eigenvalue weighted by atomic mass is 35.5. The highest BCUT2D eigenvalue weighted by molar-refractivity contribution is 6.31. The molecule has 2 rings (SSSR count). The summed E-state index contributed by atoms with van der Waals surface area (Å²) in [5.74, 6) is -0.754. The van der Waals surface area contributed by atoms with Crippen LogP contribution in [0.5, 0.6) is 0 Å². The van der Waals surface area contributed by atoms with Crippen molar-refractivity contribution in [3.05, 3.63) is 46.5 Å². The zero-order chi connectivity index (χ0) is 13.8. The second kappa shape index (κ2) is 6.02. The van der Waals surface area contributed by atoms with Gasteiger partial charge in [0, 0.05) is 23.0 Å². The van der Waals surface area contributed by atoms with Gasteiger partial charge in [0.1, 0.15) is 0 Å². The minimum atomic E-state index is -0.772. The van der Waals surface area contributed by atoms with Crippen molar-refractivity contribution < 1.29 is 9.90 Å². The molecule has 0 aromatic heterocycles. The number of carbonyl (C=O) groups is 1. The Morgan fingerprint density at radius 1 is 1.53 bits per heavy atom. The fraction of sp³-hybridized carbons (Fsp3) is 0.333. The van der Waals surface area contributed by atoms with Gasteiger partial charge in [-0.2, -0.15) is 0 Å². The van der Waals surface area contributed by atoms with Gasteiger partial charge in [0.2, 0.25) is 0 Å². The molecular formula is C15H16ClNO2. The second-order valence-corrected chi connectivity index (χ2v) is 5.04. The molecule has 1 aromatic rings. The number of rotatable bonds is 4. The van der Waals surface area contributed by atoms with Gasteiger partial charge in [0.15, 0.2) is 0 Å². The van der Waals surface area contributed by atoms with Crippen molar-refractivity contribution in [1.82, 2.24) is 0 Å². The standard InChI is InChI=1S/C15H16ClNO2/c1-2-10-7-14(11-4-3-5-13(16)6-11)17-9-12(10)8-15(18)19/h3-7,12H,2,8-9H2,1H3,(H,18,19). The molecule has 0 spiro atoms. The van der Waals surface area contributed by atoms with Crippen molar-refractivity contribution >= 4 is 23.3 Å². The molecule has 1 aliphatic rings. The van der Waals surface area contributed by atoms with Gasteiger partial charge in [-0.3, -0.25) is 9.79 Å². The summed E-state index contributed by atoms with van der Waals surface area (Å²) in [4.78, 5) is 15.3. The van der Waals surface area contributed by atoms with Gasteiger partial charge in [-0.05, 0) is 24.6 Å². The summed E-state index contributed by atoms with van der Waals surface area (Å²) in [6.07, 6.45) is 2.99. The molecular weight excluding hydrogens is 262 g/mol. The molecule has 0 saturated heterocycles. The third-order valence-corrected chi connectivity index (χ3v) is 3.51. The van der Waals surface area contributed by atoms with E-state index in [4.69, 9.17) is 16.7 Å². The third kappa shape index (κ3) is 3.44. The quantitative estimate of drug-likeness (QED) is 0.915. The lowest BCUT2D eigenvalue weighted by Gasteiger charge is -2.21. The van der Waals surface area contributed by atoms with E-state index >= 15 is 0 Å². The van der Waals surface area contributed by atoms with E-state index in [1.54, 1.807) is 0 Å². The molecule has 0 saturated carbocycles. The fourth-order valence-corrected chi connectivity index (χ4v) is 2.47. The summed E-state index contributed by atoms with van der Waals surface area (Å²) in [5, 5.41) is 9.59. The molecule has 100 valence electrons. The number of halogens is 1. The molecule has 0 bridgehead atoms. The van der Waals surface area contributed by atoms with Crippen LogP contribution in [-0.2, 0) is 4.79 Å². The van der Waals surface area contributed by atoms with Gasteiger partial charge in [0.05, 0.1) is 12.1 Å². The first-order chi connectivity index (χ1) is 9.10. The van der Waals surface area contributed by atoms with Crippen LogP contribution in [0.3, 0.4) is 0 Å². The molecule has 1 atom stereocenters. The van der Waals surface area contributed by atoms with Crippen LogP contribution in [-0.4, -0.2) is 23.3 Å².